The Morgan fingerprint density at radius 3 is 2.62 bits per heavy atom. The van der Waals surface area contributed by atoms with Crippen molar-refractivity contribution in [3.8, 4) is 11.3 Å². The van der Waals surface area contributed by atoms with E-state index >= 15 is 0 Å². The molecule has 1 aromatic carbocycles. The number of nitrogens with zero attached hydrogens (tertiary/aromatic N) is 1. The smallest absolute Gasteiger partial charge is 0.263 e. The van der Waals surface area contributed by atoms with E-state index in [2.05, 4.69) is 15.3 Å². The van der Waals surface area contributed by atoms with Crippen LogP contribution in [0.4, 0.5) is 5.13 Å². The highest BCUT2D eigenvalue weighted by Gasteiger charge is 2.13. The largest absolute Gasteiger partial charge is 0.326 e. The minimum atomic E-state index is -0.463. The second-order valence-electron chi connectivity index (χ2n) is 5.10. The lowest BCUT2D eigenvalue weighted by molar-refractivity contribution is 0.102. The Bertz CT molecular complexity index is 930. The molecule has 3 rings (SSSR count). The summed E-state index contributed by atoms with van der Waals surface area (Å²) in [5.41, 5.74) is 2.15. The minimum Gasteiger partial charge on any atom is -0.326 e. The molecule has 2 N–H and O–H groups in total. The number of amides is 1. The molecule has 3 aromatic rings. The first-order chi connectivity index (χ1) is 11.6. The number of nitrogens with one attached hydrogen (secondary N) is 2. The number of aromatic nitrogens is 2. The Labute approximate surface area is 147 Å². The molecule has 2 heterocycles. The average molecular weight is 357 g/mol. The first-order valence-electron chi connectivity index (χ1n) is 7.18. The van der Waals surface area contributed by atoms with Gasteiger partial charge in [-0.2, -0.15) is 0 Å². The normalized spacial score (nSPS) is 10.6. The number of carbonyl (C=O) groups is 1. The van der Waals surface area contributed by atoms with E-state index in [9.17, 15) is 9.59 Å². The first kappa shape index (κ1) is 16.5. The van der Waals surface area contributed by atoms with Crippen molar-refractivity contribution >= 4 is 34.1 Å². The molecule has 24 heavy (non-hydrogen) atoms. The lowest BCUT2D eigenvalue weighted by Gasteiger charge is -2.02. The number of carbonyl (C=O) groups excluding carboxylic acids is 1. The number of thiazole rings is 1. The molecule has 5 nitrogen and oxygen atoms in total. The summed E-state index contributed by atoms with van der Waals surface area (Å²) in [6.07, 6.45) is 2.03. The molecule has 0 saturated carbocycles. The van der Waals surface area contributed by atoms with Crippen LogP contribution in [0.1, 0.15) is 16.1 Å². The van der Waals surface area contributed by atoms with Crippen molar-refractivity contribution in [2.45, 2.75) is 11.8 Å². The lowest BCUT2D eigenvalue weighted by atomic mass is 10.2. The van der Waals surface area contributed by atoms with Gasteiger partial charge in [-0.3, -0.25) is 14.9 Å². The van der Waals surface area contributed by atoms with Crippen LogP contribution in [0.2, 0.25) is 0 Å². The fraction of sp³-hybridized carbons (Fsp3) is 0.118. The second-order valence-corrected chi connectivity index (χ2v) is 6.84. The number of H-pyrrole nitrogens is 1. The minimum absolute atomic E-state index is 0.0710. The fourth-order valence-corrected chi connectivity index (χ4v) is 3.26. The molecule has 0 saturated heterocycles. The molecular weight excluding hydrogens is 342 g/mol. The van der Waals surface area contributed by atoms with Gasteiger partial charge in [-0.1, -0.05) is 12.1 Å². The molecule has 1 amide bonds. The highest BCUT2D eigenvalue weighted by atomic mass is 32.2. The summed E-state index contributed by atoms with van der Waals surface area (Å²) >= 11 is 3.00. The zero-order valence-electron chi connectivity index (χ0n) is 13.1. The van der Waals surface area contributed by atoms with Crippen LogP contribution in [-0.2, 0) is 0 Å². The predicted octanol–water partition coefficient (Wildman–Crippen LogP) is 3.78. The summed E-state index contributed by atoms with van der Waals surface area (Å²) in [6, 6.07) is 11.3. The third-order valence-corrected chi connectivity index (χ3v) is 4.91. The van der Waals surface area contributed by atoms with Gasteiger partial charge in [0.2, 0.25) is 0 Å². The summed E-state index contributed by atoms with van der Waals surface area (Å²) in [4.78, 5) is 32.2. The lowest BCUT2D eigenvalue weighted by Crippen LogP contribution is -2.23. The predicted molar refractivity (Wildman–Crippen MR) is 99.1 cm³/mol. The van der Waals surface area contributed by atoms with Crippen LogP contribution in [0, 0.1) is 6.92 Å². The van der Waals surface area contributed by atoms with Gasteiger partial charge in [-0.15, -0.1) is 23.1 Å². The maximum absolute atomic E-state index is 12.2. The molecule has 0 radical (unpaired) electrons. The average Bonchev–Trinajstić information content (AvgIpc) is 3.03. The van der Waals surface area contributed by atoms with Crippen molar-refractivity contribution in [3.63, 3.8) is 0 Å². The number of benzene rings is 1. The van der Waals surface area contributed by atoms with Gasteiger partial charge < -0.3 is 4.98 Å². The molecule has 0 unspecified atom stereocenters. The van der Waals surface area contributed by atoms with Crippen molar-refractivity contribution in [2.24, 2.45) is 0 Å². The number of thioether (sulfide) groups is 1. The molecule has 2 aromatic heterocycles. The summed E-state index contributed by atoms with van der Waals surface area (Å²) < 4.78 is 0. The Balaban J connectivity index is 1.78. The van der Waals surface area contributed by atoms with E-state index < -0.39 is 11.5 Å². The number of aromatic amines is 1. The van der Waals surface area contributed by atoms with E-state index in [1.165, 1.54) is 22.3 Å². The van der Waals surface area contributed by atoms with E-state index in [1.807, 2.05) is 35.9 Å². The molecule has 7 heteroatoms. The molecule has 0 spiro atoms. The van der Waals surface area contributed by atoms with Gasteiger partial charge in [0.1, 0.15) is 5.56 Å². The Kier molecular flexibility index (Phi) is 4.82. The number of anilines is 1. The van der Waals surface area contributed by atoms with Gasteiger partial charge in [0.05, 0.1) is 5.69 Å². The highest BCUT2D eigenvalue weighted by Crippen LogP contribution is 2.26. The molecule has 0 aliphatic heterocycles. The maximum atomic E-state index is 12.2. The molecule has 0 fully saturated rings. The number of rotatable bonds is 4. The van der Waals surface area contributed by atoms with Gasteiger partial charge in [0, 0.05) is 21.5 Å². The van der Waals surface area contributed by atoms with E-state index in [0.29, 0.717) is 10.8 Å². The topological polar surface area (TPSA) is 74.8 Å². The van der Waals surface area contributed by atoms with E-state index in [0.717, 1.165) is 11.3 Å². The highest BCUT2D eigenvalue weighted by molar-refractivity contribution is 7.98. The number of hydrogen-bond donors (Lipinski definition) is 2. The first-order valence-corrected chi connectivity index (χ1v) is 9.28. The summed E-state index contributed by atoms with van der Waals surface area (Å²) in [5, 5.41) is 5.02. The Morgan fingerprint density at radius 2 is 1.96 bits per heavy atom. The van der Waals surface area contributed by atoms with Gasteiger partial charge in [0.25, 0.3) is 11.5 Å². The van der Waals surface area contributed by atoms with Crippen molar-refractivity contribution in [1.29, 1.82) is 0 Å². The van der Waals surface area contributed by atoms with Crippen LogP contribution in [0.25, 0.3) is 11.3 Å². The zero-order chi connectivity index (χ0) is 17.1. The summed E-state index contributed by atoms with van der Waals surface area (Å²) in [5.74, 6) is -0.463. The van der Waals surface area contributed by atoms with Crippen LogP contribution in [0.3, 0.4) is 0 Å². The number of aryl methyl sites for hydroxylation is 1. The van der Waals surface area contributed by atoms with Crippen molar-refractivity contribution < 1.29 is 4.79 Å². The monoisotopic (exact) mass is 357 g/mol. The summed E-state index contributed by atoms with van der Waals surface area (Å²) in [6.45, 7) is 1.76. The number of pyridine rings is 1. The third-order valence-electron chi connectivity index (χ3n) is 3.41. The second kappa shape index (κ2) is 7.02. The zero-order valence-corrected chi connectivity index (χ0v) is 14.8. The SMILES string of the molecule is CSc1ccc(-c2csc(NC(=O)c3ccc(C)[nH]c3=O)n2)cc1. The Morgan fingerprint density at radius 1 is 1.21 bits per heavy atom. The molecule has 0 bridgehead atoms. The van der Waals surface area contributed by atoms with E-state index in [1.54, 1.807) is 24.8 Å². The quantitative estimate of drug-likeness (QED) is 0.697. The van der Waals surface area contributed by atoms with Gasteiger partial charge in [-0.05, 0) is 37.4 Å². The van der Waals surface area contributed by atoms with Crippen LogP contribution in [0.5, 0.6) is 0 Å². The van der Waals surface area contributed by atoms with Gasteiger partial charge in [-0.25, -0.2) is 4.98 Å². The molecule has 0 aliphatic rings. The van der Waals surface area contributed by atoms with Crippen molar-refractivity contribution in [2.75, 3.05) is 11.6 Å². The molecular formula is C17H15N3O2S2. The molecule has 0 aliphatic carbocycles. The Hall–Kier alpha value is -2.38. The third kappa shape index (κ3) is 3.58. The number of hydrogen-bond acceptors (Lipinski definition) is 5. The van der Waals surface area contributed by atoms with E-state index in [-0.39, 0.29) is 5.56 Å². The van der Waals surface area contributed by atoms with Crippen LogP contribution >= 0.6 is 23.1 Å². The van der Waals surface area contributed by atoms with Crippen molar-refractivity contribution in [3.05, 3.63) is 63.4 Å². The van der Waals surface area contributed by atoms with Crippen LogP contribution < -0.4 is 10.9 Å². The maximum Gasteiger partial charge on any atom is 0.263 e. The molecule has 122 valence electrons. The van der Waals surface area contributed by atoms with Crippen LogP contribution in [-0.4, -0.2) is 22.1 Å². The van der Waals surface area contributed by atoms with Crippen LogP contribution in [0.15, 0.2) is 51.5 Å². The molecule has 0 atom stereocenters. The van der Waals surface area contributed by atoms with Gasteiger partial charge >= 0.3 is 0 Å². The fourth-order valence-electron chi connectivity index (χ4n) is 2.14. The van der Waals surface area contributed by atoms with Gasteiger partial charge in [0.15, 0.2) is 5.13 Å². The van der Waals surface area contributed by atoms with Crippen molar-refractivity contribution in [1.82, 2.24) is 9.97 Å². The standard InChI is InChI=1S/C17H15N3O2S2/c1-10-3-8-13(15(21)18-10)16(22)20-17-19-14(9-24-17)11-4-6-12(23-2)7-5-11/h3-9H,1-2H3,(H,18,21)(H,19,20,22). The summed E-state index contributed by atoms with van der Waals surface area (Å²) in [7, 11) is 0. The van der Waals surface area contributed by atoms with E-state index in [4.69, 9.17) is 0 Å².